The molecule has 0 N–H and O–H groups in total. The molecule has 0 spiro atoms. The van der Waals surface area contributed by atoms with Gasteiger partial charge in [-0.3, -0.25) is 4.57 Å². The first-order valence-electron chi connectivity index (χ1n) is 0.690. The topological polar surface area (TPSA) is 17.1 Å². The average molecular weight is 187 g/mol. The van der Waals surface area contributed by atoms with E-state index in [9.17, 15) is 4.57 Å². The molecule has 0 unspecified atom stereocenters. The van der Waals surface area contributed by atoms with Crippen LogP contribution in [0.25, 0.3) is 0 Å². The van der Waals surface area contributed by atoms with Crippen molar-refractivity contribution in [2.24, 2.45) is 0 Å². The molecule has 0 aliphatic rings. The first kappa shape index (κ1) is 10.4. The van der Waals surface area contributed by atoms with Crippen molar-refractivity contribution in [3.8, 4) is 0 Å². The minimum Gasteiger partial charge on any atom is -0.271 e. The third-order valence-corrected chi connectivity index (χ3v) is 0. The summed E-state index contributed by atoms with van der Waals surface area (Å²) in [5.74, 6) is 0. The Balaban J connectivity index is 0. The first-order valence-corrected chi connectivity index (χ1v) is 5.11. The lowest BCUT2D eigenvalue weighted by Gasteiger charge is -1.74. The van der Waals surface area contributed by atoms with E-state index in [1.807, 2.05) is 0 Å². The van der Waals surface area contributed by atoms with Crippen molar-refractivity contribution in [1.29, 1.82) is 0 Å². The summed E-state index contributed by atoms with van der Waals surface area (Å²) in [6, 6.07) is 0. The zero-order chi connectivity index (χ0) is 4.50. The summed E-state index contributed by atoms with van der Waals surface area (Å²) in [4.78, 5) is 0. The summed E-state index contributed by atoms with van der Waals surface area (Å²) in [5.41, 5.74) is 0. The predicted molar refractivity (Wildman–Crippen MR) is 35.5 cm³/mol. The van der Waals surface area contributed by atoms with Crippen molar-refractivity contribution < 1.29 is 4.57 Å². The highest BCUT2D eigenvalue weighted by atomic mass is 36.0. The zero-order valence-electron chi connectivity index (χ0n) is 2.49. The van der Waals surface area contributed by atoms with Gasteiger partial charge < -0.3 is 0 Å². The van der Waals surface area contributed by atoms with E-state index in [-0.39, 0.29) is 13.5 Å². The van der Waals surface area contributed by atoms with Crippen LogP contribution in [0.1, 0.15) is 0 Å². The highest BCUT2D eigenvalue weighted by Crippen LogP contribution is 2.61. The van der Waals surface area contributed by atoms with Crippen LogP contribution >= 0.6 is 52.4 Å². The molecule has 0 amide bonds. The fourth-order valence-corrected chi connectivity index (χ4v) is 0. The van der Waals surface area contributed by atoms with E-state index in [1.54, 1.807) is 0 Å². The van der Waals surface area contributed by atoms with E-state index in [4.69, 9.17) is 0 Å². The second-order valence-electron chi connectivity index (χ2n) is 0.399. The maximum Gasteiger partial charge on any atom is 0.339 e. The maximum absolute atomic E-state index is 9.51. The molecular weight excluding hydrogens is 185 g/mol. The van der Waals surface area contributed by atoms with Crippen LogP contribution in [0.3, 0.4) is 0 Å². The molecule has 6 heteroatoms. The SMILES string of the molecule is O=P(Cl)(Cl)Cl.S. The molecule has 0 atom stereocenters. The number of halogens is 3. The summed E-state index contributed by atoms with van der Waals surface area (Å²) in [7, 11) is 0. The minimum absolute atomic E-state index is 0. The fraction of sp³-hybridized carbons (Fsp3) is 0. The Bertz CT molecular complexity index is 56.9. The van der Waals surface area contributed by atoms with Gasteiger partial charge in [0.1, 0.15) is 0 Å². The minimum atomic E-state index is -3.22. The summed E-state index contributed by atoms with van der Waals surface area (Å²) in [5, 5.41) is -3.22. The molecule has 0 saturated heterocycles. The number of hydrogen-bond acceptors (Lipinski definition) is 1. The van der Waals surface area contributed by atoms with Crippen LogP contribution < -0.4 is 0 Å². The Labute approximate surface area is 57.1 Å². The molecule has 0 radical (unpaired) electrons. The van der Waals surface area contributed by atoms with E-state index < -0.39 is 5.20 Å². The van der Waals surface area contributed by atoms with Crippen LogP contribution in [0, 0.1) is 0 Å². The van der Waals surface area contributed by atoms with E-state index >= 15 is 0 Å². The number of rotatable bonds is 0. The Kier molecular flexibility index (Phi) is 6.00. The van der Waals surface area contributed by atoms with Crippen LogP contribution in [-0.4, -0.2) is 0 Å². The van der Waals surface area contributed by atoms with Crippen molar-refractivity contribution >= 4 is 52.4 Å². The third kappa shape index (κ3) is 51.3. The van der Waals surface area contributed by atoms with Gasteiger partial charge in [-0.25, -0.2) is 0 Å². The van der Waals surface area contributed by atoms with Crippen LogP contribution in [0.5, 0.6) is 0 Å². The van der Waals surface area contributed by atoms with Crippen LogP contribution in [0.15, 0.2) is 0 Å². The Morgan fingerprint density at radius 2 is 1.17 bits per heavy atom. The lowest BCUT2D eigenvalue weighted by Crippen LogP contribution is -1.19. The monoisotopic (exact) mass is 186 g/mol. The molecule has 0 saturated carbocycles. The van der Waals surface area contributed by atoms with Gasteiger partial charge in [0.2, 0.25) is 0 Å². The lowest BCUT2D eigenvalue weighted by atomic mass is 16.0. The maximum atomic E-state index is 9.51. The highest BCUT2D eigenvalue weighted by Gasteiger charge is 2.02. The van der Waals surface area contributed by atoms with Gasteiger partial charge in [-0.15, -0.1) is 0 Å². The zero-order valence-corrected chi connectivity index (χ0v) is 6.65. The largest absolute Gasteiger partial charge is 0.339 e. The molecule has 0 aliphatic heterocycles. The average Bonchev–Trinajstić information content (AvgIpc) is 0.722. The standard InChI is InChI=1S/Cl3OP.H2S/c1-5(2,3)4;/h;1H2. The van der Waals surface area contributed by atoms with Crippen molar-refractivity contribution in [3.05, 3.63) is 0 Å². The van der Waals surface area contributed by atoms with Gasteiger partial charge >= 0.3 is 5.20 Å². The van der Waals surface area contributed by atoms with Gasteiger partial charge in [0, 0.05) is 0 Å². The van der Waals surface area contributed by atoms with Gasteiger partial charge in [-0.2, -0.15) is 13.5 Å². The van der Waals surface area contributed by atoms with E-state index in [2.05, 4.69) is 33.7 Å². The highest BCUT2D eigenvalue weighted by molar-refractivity contribution is 8.24. The molecule has 0 aromatic rings. The molecule has 0 aliphatic carbocycles. The summed E-state index contributed by atoms with van der Waals surface area (Å²) >= 11 is 13.8. The van der Waals surface area contributed by atoms with Crippen LogP contribution in [0.2, 0.25) is 0 Å². The quantitative estimate of drug-likeness (QED) is 0.533. The van der Waals surface area contributed by atoms with Gasteiger partial charge in [-0.1, -0.05) is 0 Å². The molecule has 0 fully saturated rings. The molecule has 0 aromatic carbocycles. The second-order valence-corrected chi connectivity index (χ2v) is 7.04. The molecule has 1 nitrogen and oxygen atoms in total. The summed E-state index contributed by atoms with van der Waals surface area (Å²) in [6.45, 7) is 0. The van der Waals surface area contributed by atoms with Gasteiger partial charge in [0.15, 0.2) is 0 Å². The second kappa shape index (κ2) is 3.45. The molecule has 6 heavy (non-hydrogen) atoms. The van der Waals surface area contributed by atoms with Crippen molar-refractivity contribution in [1.82, 2.24) is 0 Å². The molecule has 0 bridgehead atoms. The third-order valence-electron chi connectivity index (χ3n) is 0. The van der Waals surface area contributed by atoms with Gasteiger partial charge in [0.05, 0.1) is 0 Å². The number of hydrogen-bond donors (Lipinski definition) is 0. The Morgan fingerprint density at radius 3 is 1.17 bits per heavy atom. The van der Waals surface area contributed by atoms with Crippen molar-refractivity contribution in [2.75, 3.05) is 0 Å². The van der Waals surface area contributed by atoms with Crippen LogP contribution in [0.4, 0.5) is 0 Å². The predicted octanol–water partition coefficient (Wildman–Crippen LogP) is 2.92. The van der Waals surface area contributed by atoms with Crippen molar-refractivity contribution in [2.45, 2.75) is 0 Å². The lowest BCUT2D eigenvalue weighted by molar-refractivity contribution is 0.600. The Hall–Kier alpha value is 1.45. The van der Waals surface area contributed by atoms with Crippen molar-refractivity contribution in [3.63, 3.8) is 0 Å². The smallest absolute Gasteiger partial charge is 0.271 e. The van der Waals surface area contributed by atoms with Gasteiger partial charge in [-0.05, 0) is 33.7 Å². The summed E-state index contributed by atoms with van der Waals surface area (Å²) in [6.07, 6.45) is 0. The van der Waals surface area contributed by atoms with Gasteiger partial charge in [0.25, 0.3) is 0 Å². The molecule has 0 rings (SSSR count). The van der Waals surface area contributed by atoms with E-state index in [0.29, 0.717) is 0 Å². The molecular formula is H2Cl3OPS. The first-order chi connectivity index (χ1) is 2.00. The van der Waals surface area contributed by atoms with E-state index in [1.165, 1.54) is 0 Å². The molecule has 0 aromatic heterocycles. The van der Waals surface area contributed by atoms with Crippen LogP contribution in [-0.2, 0) is 4.57 Å². The molecule has 0 heterocycles. The molecule has 40 valence electrons. The van der Waals surface area contributed by atoms with E-state index in [0.717, 1.165) is 0 Å². The Morgan fingerprint density at radius 1 is 1.17 bits per heavy atom. The fourth-order valence-electron chi connectivity index (χ4n) is 0. The normalized spacial score (nSPS) is 9.83. The summed E-state index contributed by atoms with van der Waals surface area (Å²) < 4.78 is 9.51.